The summed E-state index contributed by atoms with van der Waals surface area (Å²) >= 11 is 0. The Morgan fingerprint density at radius 3 is 1.72 bits per heavy atom. The summed E-state index contributed by atoms with van der Waals surface area (Å²) in [5.74, 6) is 0.633. The van der Waals surface area contributed by atoms with Crippen molar-refractivity contribution in [1.29, 1.82) is 0 Å². The van der Waals surface area contributed by atoms with Gasteiger partial charge >= 0.3 is 6.18 Å². The number of rotatable bonds is 4. The molecular weight excluding hydrogens is 379 g/mol. The summed E-state index contributed by atoms with van der Waals surface area (Å²) in [6, 6.07) is 15.2. The van der Waals surface area contributed by atoms with Crippen LogP contribution in [-0.2, 0) is 6.42 Å². The lowest BCUT2D eigenvalue weighted by atomic mass is 10.2. The molecule has 29 heavy (non-hydrogen) atoms. The van der Waals surface area contributed by atoms with Crippen LogP contribution >= 0.6 is 0 Å². The van der Waals surface area contributed by atoms with Gasteiger partial charge in [-0.15, -0.1) is 0 Å². The average Bonchev–Trinajstić information content (AvgIpc) is 3.09. The van der Waals surface area contributed by atoms with Gasteiger partial charge in [-0.2, -0.15) is 13.2 Å². The van der Waals surface area contributed by atoms with E-state index in [-0.39, 0.29) is 17.9 Å². The molecule has 0 radical (unpaired) electrons. The van der Waals surface area contributed by atoms with Crippen LogP contribution in [-0.4, -0.2) is 21.9 Å². The van der Waals surface area contributed by atoms with Crippen LogP contribution in [0.15, 0.2) is 53.5 Å². The molecule has 0 aliphatic carbocycles. The number of aryl methyl sites for hydroxylation is 2. The Morgan fingerprint density at radius 2 is 1.24 bits per heavy atom. The van der Waals surface area contributed by atoms with Crippen LogP contribution in [0.4, 0.5) is 42.0 Å². The summed E-state index contributed by atoms with van der Waals surface area (Å²) in [4.78, 5) is 12.4. The van der Waals surface area contributed by atoms with Crippen LogP contribution in [0.5, 0.6) is 0 Å². The normalized spacial score (nSPS) is 13.1. The fourth-order valence-electron chi connectivity index (χ4n) is 2.88. The van der Waals surface area contributed by atoms with Crippen molar-refractivity contribution >= 4 is 34.5 Å². The van der Waals surface area contributed by atoms with E-state index in [2.05, 4.69) is 25.6 Å². The summed E-state index contributed by atoms with van der Waals surface area (Å²) in [6.07, 6.45) is -4.89. The smallest absolute Gasteiger partial charge is 0.337 e. The highest BCUT2D eigenvalue weighted by Crippen LogP contribution is 2.35. The minimum Gasteiger partial charge on any atom is -0.337 e. The number of hydrogen-bond acceptors (Lipinski definition) is 5. The summed E-state index contributed by atoms with van der Waals surface area (Å²) in [6.45, 7) is 3.94. The Morgan fingerprint density at radius 1 is 0.759 bits per heavy atom. The number of hydrogen-bond donors (Lipinski definition) is 2. The molecule has 148 valence electrons. The van der Waals surface area contributed by atoms with Crippen molar-refractivity contribution in [2.24, 2.45) is 4.99 Å². The van der Waals surface area contributed by atoms with E-state index in [9.17, 15) is 13.2 Å². The van der Waals surface area contributed by atoms with Gasteiger partial charge in [-0.05, 0) is 38.1 Å². The number of anilines is 4. The van der Waals surface area contributed by atoms with Gasteiger partial charge in [-0.25, -0.2) is 15.0 Å². The molecule has 2 aromatic carbocycles. The lowest BCUT2D eigenvalue weighted by Gasteiger charge is -2.14. The molecule has 0 saturated heterocycles. The molecule has 0 spiro atoms. The highest BCUT2D eigenvalue weighted by molar-refractivity contribution is 5.97. The zero-order chi connectivity index (χ0) is 20.6. The second kappa shape index (κ2) is 7.20. The highest BCUT2D eigenvalue weighted by atomic mass is 19.4. The van der Waals surface area contributed by atoms with Gasteiger partial charge in [0, 0.05) is 17.8 Å². The number of nitrogens with one attached hydrogen (secondary N) is 2. The molecule has 2 heterocycles. The third-order valence-corrected chi connectivity index (χ3v) is 4.48. The van der Waals surface area contributed by atoms with Crippen LogP contribution in [0, 0.1) is 13.8 Å². The van der Waals surface area contributed by atoms with E-state index in [1.54, 1.807) is 0 Å². The minimum atomic E-state index is -4.50. The van der Waals surface area contributed by atoms with Crippen LogP contribution in [0.25, 0.3) is 0 Å². The molecule has 0 fully saturated rings. The van der Waals surface area contributed by atoms with Crippen LogP contribution < -0.4 is 10.6 Å². The molecule has 8 heteroatoms. The lowest BCUT2D eigenvalue weighted by molar-refractivity contribution is -0.0597. The largest absolute Gasteiger partial charge is 0.429 e. The highest BCUT2D eigenvalue weighted by Gasteiger charge is 2.40. The Bertz CT molecular complexity index is 1070. The Hall–Kier alpha value is -3.42. The summed E-state index contributed by atoms with van der Waals surface area (Å²) in [5.41, 5.74) is 2.99. The predicted molar refractivity (Wildman–Crippen MR) is 108 cm³/mol. The van der Waals surface area contributed by atoms with Crippen molar-refractivity contribution in [2.45, 2.75) is 26.4 Å². The summed E-state index contributed by atoms with van der Waals surface area (Å²) < 4.78 is 39.2. The van der Waals surface area contributed by atoms with E-state index in [1.807, 2.05) is 62.4 Å². The number of nitrogens with zero attached hydrogens (tertiary/aromatic N) is 3. The van der Waals surface area contributed by atoms with Crippen molar-refractivity contribution in [2.75, 3.05) is 10.6 Å². The van der Waals surface area contributed by atoms with Crippen molar-refractivity contribution in [3.05, 3.63) is 65.4 Å². The number of benzene rings is 2. The molecule has 1 aromatic heterocycles. The minimum absolute atomic E-state index is 0.0126. The average molecular weight is 397 g/mol. The van der Waals surface area contributed by atoms with Crippen molar-refractivity contribution in [3.63, 3.8) is 0 Å². The number of halogens is 3. The Labute approximate surface area is 165 Å². The molecular formula is C21H18F3N5. The third kappa shape index (κ3) is 4.21. The molecule has 0 saturated carbocycles. The predicted octanol–water partition coefficient (Wildman–Crippen LogP) is 5.77. The molecule has 4 rings (SSSR count). The second-order valence-corrected chi connectivity index (χ2v) is 6.91. The van der Waals surface area contributed by atoms with E-state index in [0.29, 0.717) is 11.6 Å². The molecule has 0 atom stereocenters. The molecule has 0 amide bonds. The Balaban J connectivity index is 1.72. The first kappa shape index (κ1) is 18.9. The monoisotopic (exact) mass is 397 g/mol. The number of fused-ring (bicyclic) bond motifs is 1. The molecule has 2 N–H and O–H groups in total. The zero-order valence-electron chi connectivity index (χ0n) is 15.8. The standard InChI is InChI=1S/C21H18F3N5/c1-12-3-7-14(8-4-12)25-19-20(26-15-9-5-13(2)6-10-15)29-18-16(27-19)11-17(28-18)21(22,23)24/h3-10H,11H2,1-2H3,(H,25,27)(H,26,29). The van der Waals surface area contributed by atoms with Crippen LogP contribution in [0.3, 0.4) is 0 Å². The first-order valence-corrected chi connectivity index (χ1v) is 9.01. The van der Waals surface area contributed by atoms with E-state index >= 15 is 0 Å². The van der Waals surface area contributed by atoms with Gasteiger partial charge in [-0.3, -0.25) is 0 Å². The molecule has 3 aromatic rings. The van der Waals surface area contributed by atoms with Gasteiger partial charge in [0.2, 0.25) is 0 Å². The molecule has 0 unspecified atom stereocenters. The number of alkyl halides is 3. The van der Waals surface area contributed by atoms with E-state index in [4.69, 9.17) is 0 Å². The molecule has 0 bridgehead atoms. The van der Waals surface area contributed by atoms with Gasteiger partial charge < -0.3 is 10.6 Å². The van der Waals surface area contributed by atoms with Crippen molar-refractivity contribution in [1.82, 2.24) is 9.97 Å². The van der Waals surface area contributed by atoms with Gasteiger partial charge in [0.1, 0.15) is 5.71 Å². The zero-order valence-corrected chi connectivity index (χ0v) is 15.8. The van der Waals surface area contributed by atoms with Gasteiger partial charge in [0.25, 0.3) is 0 Å². The molecule has 1 aliphatic heterocycles. The van der Waals surface area contributed by atoms with Crippen molar-refractivity contribution in [3.8, 4) is 0 Å². The first-order chi connectivity index (χ1) is 13.8. The van der Waals surface area contributed by atoms with Crippen LogP contribution in [0.1, 0.15) is 16.8 Å². The van der Waals surface area contributed by atoms with Crippen molar-refractivity contribution < 1.29 is 13.2 Å². The van der Waals surface area contributed by atoms with Gasteiger partial charge in [0.05, 0.1) is 5.69 Å². The third-order valence-electron chi connectivity index (χ3n) is 4.48. The number of aromatic nitrogens is 2. The molecule has 1 aliphatic rings. The fraction of sp³-hybridized carbons (Fsp3) is 0.190. The quantitative estimate of drug-likeness (QED) is 0.587. The van der Waals surface area contributed by atoms with E-state index in [0.717, 1.165) is 22.5 Å². The van der Waals surface area contributed by atoms with E-state index < -0.39 is 11.9 Å². The maximum Gasteiger partial charge on any atom is 0.429 e. The van der Waals surface area contributed by atoms with Gasteiger partial charge in [-0.1, -0.05) is 35.4 Å². The fourth-order valence-corrected chi connectivity index (χ4v) is 2.88. The summed E-state index contributed by atoms with van der Waals surface area (Å²) in [7, 11) is 0. The van der Waals surface area contributed by atoms with E-state index in [1.165, 1.54) is 0 Å². The maximum absolute atomic E-state index is 13.1. The van der Waals surface area contributed by atoms with Crippen LogP contribution in [0.2, 0.25) is 0 Å². The van der Waals surface area contributed by atoms with Gasteiger partial charge in [0.15, 0.2) is 17.5 Å². The second-order valence-electron chi connectivity index (χ2n) is 6.91. The number of aliphatic imine (C=N–C) groups is 1. The SMILES string of the molecule is Cc1ccc(Nc2nc3c(nc2Nc2ccc(C)cc2)N=C(C(F)(F)F)C3)cc1. The summed E-state index contributed by atoms with van der Waals surface area (Å²) in [5, 5.41) is 6.27. The Kier molecular flexibility index (Phi) is 4.70. The molecule has 5 nitrogen and oxygen atoms in total. The maximum atomic E-state index is 13.1. The topological polar surface area (TPSA) is 62.2 Å². The lowest BCUT2D eigenvalue weighted by Crippen LogP contribution is -2.22. The first-order valence-electron chi connectivity index (χ1n) is 9.01.